The highest BCUT2D eigenvalue weighted by Gasteiger charge is 2.13. The smallest absolute Gasteiger partial charge is 0.231 e. The molecule has 2 aromatic carbocycles. The van der Waals surface area contributed by atoms with Gasteiger partial charge in [0.2, 0.25) is 6.79 Å². The number of aromatic amines is 1. The van der Waals surface area contributed by atoms with E-state index < -0.39 is 0 Å². The second-order valence-corrected chi connectivity index (χ2v) is 6.73. The van der Waals surface area contributed by atoms with Gasteiger partial charge in [0, 0.05) is 42.3 Å². The molecule has 0 unspecified atom stereocenters. The Bertz CT molecular complexity index is 983. The highest BCUT2D eigenvalue weighted by atomic mass is 35.5. The van der Waals surface area contributed by atoms with Gasteiger partial charge in [0.25, 0.3) is 0 Å². The van der Waals surface area contributed by atoms with Gasteiger partial charge in [0.1, 0.15) is 0 Å². The fraction of sp³-hybridized carbons (Fsp3) is 0.250. The van der Waals surface area contributed by atoms with Gasteiger partial charge >= 0.3 is 0 Å². The average molecular weight is 385 g/mol. The molecule has 4 rings (SSSR count). The van der Waals surface area contributed by atoms with Crippen molar-refractivity contribution in [3.63, 3.8) is 0 Å². The van der Waals surface area contributed by atoms with E-state index in [-0.39, 0.29) is 6.79 Å². The van der Waals surface area contributed by atoms with Crippen molar-refractivity contribution in [1.29, 1.82) is 0 Å². The monoisotopic (exact) mass is 384 g/mol. The Kier molecular flexibility index (Phi) is 5.07. The maximum Gasteiger partial charge on any atom is 0.231 e. The fourth-order valence-corrected chi connectivity index (χ4v) is 3.30. The Morgan fingerprint density at radius 2 is 2.04 bits per heavy atom. The highest BCUT2D eigenvalue weighted by molar-refractivity contribution is 6.31. The summed E-state index contributed by atoms with van der Waals surface area (Å²) in [6, 6.07) is 11.8. The minimum absolute atomic E-state index is 0.286. The summed E-state index contributed by atoms with van der Waals surface area (Å²) in [4.78, 5) is 7.56. The molecule has 3 aromatic rings. The number of rotatable bonds is 5. The predicted molar refractivity (Wildman–Crippen MR) is 108 cm³/mol. The quantitative estimate of drug-likeness (QED) is 0.465. The third-order valence-corrected chi connectivity index (χ3v) is 4.77. The van der Waals surface area contributed by atoms with E-state index in [9.17, 15) is 0 Å². The molecule has 27 heavy (non-hydrogen) atoms. The summed E-state index contributed by atoms with van der Waals surface area (Å²) in [5.74, 6) is 2.33. The number of hydrogen-bond donors (Lipinski definition) is 3. The van der Waals surface area contributed by atoms with E-state index in [0.29, 0.717) is 6.54 Å². The summed E-state index contributed by atoms with van der Waals surface area (Å²) >= 11 is 6.11. The number of ether oxygens (including phenoxy) is 2. The van der Waals surface area contributed by atoms with Crippen LogP contribution in [0.5, 0.6) is 11.5 Å². The van der Waals surface area contributed by atoms with Gasteiger partial charge in [-0.15, -0.1) is 0 Å². The minimum Gasteiger partial charge on any atom is -0.454 e. The number of nitrogens with one attached hydrogen (secondary N) is 3. The predicted octanol–water partition coefficient (Wildman–Crippen LogP) is 3.46. The number of aliphatic imine (C=N–C) groups is 1. The molecule has 0 aliphatic carbocycles. The Balaban J connectivity index is 1.31. The van der Waals surface area contributed by atoms with Crippen LogP contribution in [-0.2, 0) is 13.0 Å². The third kappa shape index (κ3) is 3.95. The van der Waals surface area contributed by atoms with Gasteiger partial charge in [-0.1, -0.05) is 17.7 Å². The van der Waals surface area contributed by atoms with Crippen molar-refractivity contribution in [3.8, 4) is 11.5 Å². The first kappa shape index (κ1) is 17.5. The summed E-state index contributed by atoms with van der Waals surface area (Å²) in [5, 5.41) is 8.57. The number of halogens is 1. The molecule has 0 bridgehead atoms. The summed E-state index contributed by atoms with van der Waals surface area (Å²) in [5.41, 5.74) is 3.43. The van der Waals surface area contributed by atoms with E-state index in [0.717, 1.165) is 51.9 Å². The van der Waals surface area contributed by atoms with Gasteiger partial charge in [0.05, 0.1) is 0 Å². The lowest BCUT2D eigenvalue weighted by Crippen LogP contribution is -2.37. The number of fused-ring (bicyclic) bond motifs is 2. The van der Waals surface area contributed by atoms with E-state index in [1.165, 1.54) is 5.56 Å². The second-order valence-electron chi connectivity index (χ2n) is 6.29. The molecule has 1 aromatic heterocycles. The summed E-state index contributed by atoms with van der Waals surface area (Å²) in [7, 11) is 1.76. The van der Waals surface area contributed by atoms with E-state index >= 15 is 0 Å². The summed E-state index contributed by atoms with van der Waals surface area (Å²) in [6.07, 6.45) is 2.90. The molecule has 3 N–H and O–H groups in total. The van der Waals surface area contributed by atoms with E-state index in [1.807, 2.05) is 42.6 Å². The maximum atomic E-state index is 6.11. The number of guanidine groups is 1. The lowest BCUT2D eigenvalue weighted by atomic mass is 10.1. The van der Waals surface area contributed by atoms with Crippen molar-refractivity contribution >= 4 is 28.5 Å². The molecule has 0 amide bonds. The Morgan fingerprint density at radius 3 is 2.93 bits per heavy atom. The standard InChI is InChI=1S/C20H21ClN4O2/c1-22-20(25-10-13-2-5-18-19(8-13)27-12-26-18)23-7-6-14-11-24-17-4-3-15(21)9-16(14)17/h2-5,8-9,11,24H,6-7,10,12H2,1H3,(H2,22,23,25). The topological polar surface area (TPSA) is 70.7 Å². The molecule has 7 heteroatoms. The molecule has 0 saturated heterocycles. The number of H-pyrrole nitrogens is 1. The van der Waals surface area contributed by atoms with Crippen molar-refractivity contribution in [2.45, 2.75) is 13.0 Å². The molecule has 0 radical (unpaired) electrons. The molecule has 140 valence electrons. The summed E-state index contributed by atoms with van der Waals surface area (Å²) in [6.45, 7) is 1.70. The van der Waals surface area contributed by atoms with Crippen molar-refractivity contribution < 1.29 is 9.47 Å². The van der Waals surface area contributed by atoms with E-state index in [1.54, 1.807) is 7.05 Å². The number of nitrogens with zero attached hydrogens (tertiary/aromatic N) is 1. The maximum absolute atomic E-state index is 6.11. The molecule has 0 fully saturated rings. The lowest BCUT2D eigenvalue weighted by molar-refractivity contribution is 0.174. The van der Waals surface area contributed by atoms with Gasteiger partial charge in [-0.05, 0) is 47.9 Å². The minimum atomic E-state index is 0.286. The first-order valence-electron chi connectivity index (χ1n) is 8.81. The average Bonchev–Trinajstić information content (AvgIpc) is 3.30. The lowest BCUT2D eigenvalue weighted by Gasteiger charge is -2.12. The number of benzene rings is 2. The SMILES string of the molecule is CN=C(NCCc1c[nH]c2ccc(Cl)cc12)NCc1ccc2c(c1)OCO2. The Morgan fingerprint density at radius 1 is 1.15 bits per heavy atom. The van der Waals surface area contributed by atoms with Crippen LogP contribution < -0.4 is 20.1 Å². The normalized spacial score (nSPS) is 13.2. The molecule has 0 spiro atoms. The molecule has 2 heterocycles. The Labute approximate surface area is 162 Å². The van der Waals surface area contributed by atoms with Crippen molar-refractivity contribution in [2.75, 3.05) is 20.4 Å². The van der Waals surface area contributed by atoms with E-state index in [2.05, 4.69) is 20.6 Å². The molecule has 6 nitrogen and oxygen atoms in total. The molecule has 0 atom stereocenters. The molecule has 1 aliphatic rings. The van der Waals surface area contributed by atoms with Gasteiger partial charge in [-0.3, -0.25) is 4.99 Å². The van der Waals surface area contributed by atoms with Gasteiger partial charge < -0.3 is 25.1 Å². The van der Waals surface area contributed by atoms with Crippen LogP contribution in [0.3, 0.4) is 0 Å². The zero-order valence-electron chi connectivity index (χ0n) is 15.0. The summed E-state index contributed by atoms with van der Waals surface area (Å²) < 4.78 is 10.8. The van der Waals surface area contributed by atoms with Crippen molar-refractivity contribution in [3.05, 3.63) is 58.7 Å². The fourth-order valence-electron chi connectivity index (χ4n) is 3.13. The number of hydrogen-bond acceptors (Lipinski definition) is 3. The van der Waals surface area contributed by atoms with Crippen LogP contribution in [0.2, 0.25) is 5.02 Å². The third-order valence-electron chi connectivity index (χ3n) is 4.54. The number of aromatic nitrogens is 1. The molecular formula is C20H21ClN4O2. The van der Waals surface area contributed by atoms with Crippen LogP contribution in [0.1, 0.15) is 11.1 Å². The Hall–Kier alpha value is -2.86. The van der Waals surface area contributed by atoms with Crippen LogP contribution in [0.15, 0.2) is 47.6 Å². The first-order valence-corrected chi connectivity index (χ1v) is 9.19. The molecular weight excluding hydrogens is 364 g/mol. The van der Waals surface area contributed by atoms with E-state index in [4.69, 9.17) is 21.1 Å². The second kappa shape index (κ2) is 7.80. The highest BCUT2D eigenvalue weighted by Crippen LogP contribution is 2.32. The van der Waals surface area contributed by atoms with Crippen LogP contribution in [0, 0.1) is 0 Å². The molecule has 0 saturated carbocycles. The van der Waals surface area contributed by atoms with Gasteiger partial charge in [-0.25, -0.2) is 0 Å². The zero-order chi connectivity index (χ0) is 18.6. The van der Waals surface area contributed by atoms with Crippen molar-refractivity contribution in [1.82, 2.24) is 15.6 Å². The van der Waals surface area contributed by atoms with Crippen LogP contribution >= 0.6 is 11.6 Å². The van der Waals surface area contributed by atoms with Crippen LogP contribution in [-0.4, -0.2) is 31.3 Å². The largest absolute Gasteiger partial charge is 0.454 e. The first-order chi connectivity index (χ1) is 13.2. The van der Waals surface area contributed by atoms with Gasteiger partial charge in [0.15, 0.2) is 17.5 Å². The molecule has 1 aliphatic heterocycles. The van der Waals surface area contributed by atoms with Crippen LogP contribution in [0.25, 0.3) is 10.9 Å². The van der Waals surface area contributed by atoms with Crippen LogP contribution in [0.4, 0.5) is 0 Å². The van der Waals surface area contributed by atoms with Gasteiger partial charge in [-0.2, -0.15) is 0 Å². The van der Waals surface area contributed by atoms with Crippen molar-refractivity contribution in [2.24, 2.45) is 4.99 Å². The zero-order valence-corrected chi connectivity index (χ0v) is 15.8.